The first kappa shape index (κ1) is 28.9. The molecule has 2 aromatic heterocycles. The number of nitrogens with zero attached hydrogens (tertiary/aromatic N) is 4. The van der Waals surface area contributed by atoms with E-state index in [9.17, 15) is 9.59 Å². The molecule has 0 saturated heterocycles. The summed E-state index contributed by atoms with van der Waals surface area (Å²) >= 11 is 3.54. The van der Waals surface area contributed by atoms with Crippen molar-refractivity contribution < 1.29 is 9.59 Å². The molecule has 2 heterocycles. The molecule has 0 unspecified atom stereocenters. The lowest BCUT2D eigenvalue weighted by atomic mass is 10.1. The van der Waals surface area contributed by atoms with Gasteiger partial charge in [0, 0.05) is 44.8 Å². The Labute approximate surface area is 256 Å². The number of carbonyl (C=O) groups excluding carboxylic acids is 2. The van der Waals surface area contributed by atoms with Crippen molar-refractivity contribution >= 4 is 60.9 Å². The highest BCUT2D eigenvalue weighted by Gasteiger charge is 2.12. The monoisotopic (exact) mass is 628 g/mol. The van der Waals surface area contributed by atoms with Crippen LogP contribution in [0.15, 0.2) is 95.7 Å². The summed E-state index contributed by atoms with van der Waals surface area (Å²) < 4.78 is 4.97. The van der Waals surface area contributed by atoms with Crippen LogP contribution >= 0.6 is 15.9 Å². The van der Waals surface area contributed by atoms with E-state index in [1.165, 1.54) is 0 Å². The Morgan fingerprint density at radius 2 is 1.19 bits per heavy atom. The summed E-state index contributed by atoms with van der Waals surface area (Å²) in [5.41, 5.74) is 18.6. The number of hydrogen-bond acceptors (Lipinski definition) is 2. The van der Waals surface area contributed by atoms with Crippen LogP contribution in [0.2, 0.25) is 0 Å². The second kappa shape index (κ2) is 11.7. The molecular weight excluding hydrogens is 604 g/mol. The van der Waals surface area contributed by atoms with Gasteiger partial charge in [-0.1, -0.05) is 0 Å². The second-order valence-corrected chi connectivity index (χ2v) is 10.8. The van der Waals surface area contributed by atoms with Gasteiger partial charge in [0.2, 0.25) is 11.8 Å². The van der Waals surface area contributed by atoms with Crippen molar-refractivity contribution in [3.63, 3.8) is 0 Å². The predicted molar refractivity (Wildman–Crippen MR) is 173 cm³/mol. The molecule has 0 fully saturated rings. The zero-order valence-electron chi connectivity index (χ0n) is 23.3. The van der Waals surface area contributed by atoms with Gasteiger partial charge in [0.05, 0.1) is 24.2 Å². The summed E-state index contributed by atoms with van der Waals surface area (Å²) in [6.45, 7) is 18.2. The van der Waals surface area contributed by atoms with Gasteiger partial charge >= 0.3 is 0 Å². The first-order valence-electron chi connectivity index (χ1n) is 13.1. The number of rotatable bonds is 4. The van der Waals surface area contributed by atoms with Gasteiger partial charge in [-0.15, -0.1) is 0 Å². The molecular formula is C34H25BrN6O2. The average molecular weight is 630 g/mol. The van der Waals surface area contributed by atoms with E-state index < -0.39 is 11.8 Å². The van der Waals surface area contributed by atoms with E-state index in [0.29, 0.717) is 22.5 Å². The third-order valence-corrected chi connectivity index (χ3v) is 7.81. The minimum absolute atomic E-state index is 0.434. The van der Waals surface area contributed by atoms with Crippen molar-refractivity contribution in [3.8, 4) is 11.4 Å². The Hall–Kier alpha value is -5.64. The van der Waals surface area contributed by atoms with E-state index in [1.807, 2.05) is 90.0 Å². The molecule has 4 aromatic carbocycles. The Balaban J connectivity index is 0.000000171. The molecule has 0 saturated carbocycles. The first-order valence-corrected chi connectivity index (χ1v) is 13.9. The van der Waals surface area contributed by atoms with Crippen molar-refractivity contribution in [1.82, 2.24) is 9.13 Å². The quantitative estimate of drug-likeness (QED) is 0.193. The lowest BCUT2D eigenvalue weighted by molar-refractivity contribution is 0.0992. The van der Waals surface area contributed by atoms with Gasteiger partial charge in [0.1, 0.15) is 0 Å². The molecule has 9 heteroatoms. The number of amides is 2. The predicted octanol–water partition coefficient (Wildman–Crippen LogP) is 7.94. The van der Waals surface area contributed by atoms with Gasteiger partial charge in [-0.2, -0.15) is 0 Å². The summed E-state index contributed by atoms with van der Waals surface area (Å²) in [7, 11) is 0. The topological polar surface area (TPSA) is 105 Å². The molecule has 8 nitrogen and oxygen atoms in total. The zero-order chi connectivity index (χ0) is 30.8. The smallest absolute Gasteiger partial charge is 0.248 e. The largest absolute Gasteiger partial charge is 0.366 e. The molecule has 0 aliphatic heterocycles. The highest BCUT2D eigenvalue weighted by Crippen LogP contribution is 2.34. The Kier molecular flexibility index (Phi) is 7.85. The normalized spacial score (nSPS) is 10.5. The fourth-order valence-electron chi connectivity index (χ4n) is 4.85. The minimum Gasteiger partial charge on any atom is -0.366 e. The molecule has 0 aliphatic rings. The molecule has 6 rings (SSSR count). The maximum absolute atomic E-state index is 11.2. The van der Waals surface area contributed by atoms with Crippen LogP contribution < -0.4 is 11.5 Å². The number of nitrogens with two attached hydrogens (primary N) is 2. The molecule has 6 aromatic rings. The molecule has 2 amide bonds. The van der Waals surface area contributed by atoms with E-state index in [0.717, 1.165) is 48.8 Å². The van der Waals surface area contributed by atoms with Crippen molar-refractivity contribution in [2.75, 3.05) is 0 Å². The minimum atomic E-state index is -0.442. The number of halogens is 1. The van der Waals surface area contributed by atoms with Gasteiger partial charge in [0.15, 0.2) is 11.4 Å². The highest BCUT2D eigenvalue weighted by atomic mass is 79.9. The molecule has 0 atom stereocenters. The second-order valence-electron chi connectivity index (χ2n) is 9.93. The van der Waals surface area contributed by atoms with Crippen LogP contribution in [0, 0.1) is 27.0 Å². The molecule has 43 heavy (non-hydrogen) atoms. The number of benzene rings is 4. The number of primary amides is 2. The van der Waals surface area contributed by atoms with Crippen molar-refractivity contribution in [3.05, 3.63) is 141 Å². The fourth-order valence-corrected chi connectivity index (χ4v) is 5.37. The van der Waals surface area contributed by atoms with Crippen LogP contribution in [0.3, 0.4) is 0 Å². The number of fused-ring (bicyclic) bond motifs is 2. The van der Waals surface area contributed by atoms with Crippen LogP contribution in [-0.4, -0.2) is 20.9 Å². The van der Waals surface area contributed by atoms with E-state index in [1.54, 1.807) is 24.3 Å². The van der Waals surface area contributed by atoms with E-state index in [-0.39, 0.29) is 0 Å². The number of aryl methyl sites for hydroxylation is 2. The number of hydrogen-bond donors (Lipinski definition) is 2. The molecule has 210 valence electrons. The molecule has 0 radical (unpaired) electrons. The Morgan fingerprint density at radius 3 is 1.70 bits per heavy atom. The summed E-state index contributed by atoms with van der Waals surface area (Å²) in [4.78, 5) is 29.3. The highest BCUT2D eigenvalue weighted by molar-refractivity contribution is 9.10. The van der Waals surface area contributed by atoms with Gasteiger partial charge in [-0.05, 0) is 125 Å². The number of aromatic nitrogens is 2. The SMILES string of the molecule is [C-]#[N+]c1cc2c(Br)cn(-c3ccc(C(N)=O)cc3)c2cc1C.[C-]#[N+]c1cc2ccn(-c3ccc(C(N)=O)cc3)c2cc1C. The summed E-state index contributed by atoms with van der Waals surface area (Å²) in [6.07, 6.45) is 3.91. The van der Waals surface area contributed by atoms with Crippen LogP contribution in [0.4, 0.5) is 11.4 Å². The lowest BCUT2D eigenvalue weighted by Crippen LogP contribution is -2.10. The van der Waals surface area contributed by atoms with E-state index in [4.69, 9.17) is 24.6 Å². The maximum atomic E-state index is 11.2. The van der Waals surface area contributed by atoms with Crippen molar-refractivity contribution in [1.29, 1.82) is 0 Å². The third kappa shape index (κ3) is 5.62. The molecule has 0 bridgehead atoms. The van der Waals surface area contributed by atoms with Crippen LogP contribution in [0.25, 0.3) is 42.9 Å². The van der Waals surface area contributed by atoms with Gasteiger partial charge in [-0.25, -0.2) is 9.69 Å². The van der Waals surface area contributed by atoms with E-state index >= 15 is 0 Å². The van der Waals surface area contributed by atoms with Crippen LogP contribution in [0.1, 0.15) is 31.8 Å². The van der Waals surface area contributed by atoms with Gasteiger partial charge in [-0.3, -0.25) is 9.59 Å². The zero-order valence-corrected chi connectivity index (χ0v) is 24.9. The molecule has 0 aliphatic carbocycles. The standard InChI is InChI=1S/C17H12BrN3O.C17H13N3O/c1-10-7-16-13(8-15(10)20-2)14(18)9-21(16)12-5-3-11(4-6-12)17(19)22;1-11-9-16-13(10-15(11)19-2)7-8-20(16)14-5-3-12(4-6-14)17(18)21/h3-9H,1H3,(H2,19,22);3-10H,1H3,(H2,18,21). The average Bonchev–Trinajstić information content (AvgIpc) is 3.56. The summed E-state index contributed by atoms with van der Waals surface area (Å²) in [5.74, 6) is -0.876. The van der Waals surface area contributed by atoms with Crippen LogP contribution in [0.5, 0.6) is 0 Å². The lowest BCUT2D eigenvalue weighted by Gasteiger charge is -2.07. The van der Waals surface area contributed by atoms with Gasteiger partial charge in [0.25, 0.3) is 0 Å². The van der Waals surface area contributed by atoms with Crippen molar-refractivity contribution in [2.24, 2.45) is 11.5 Å². The fraction of sp³-hybridized carbons (Fsp3) is 0.0588. The Bertz CT molecular complexity index is 2130. The molecule has 0 spiro atoms. The maximum Gasteiger partial charge on any atom is 0.248 e. The van der Waals surface area contributed by atoms with Crippen molar-refractivity contribution in [2.45, 2.75) is 13.8 Å². The molecule has 4 N–H and O–H groups in total. The summed E-state index contributed by atoms with van der Waals surface area (Å²) in [5, 5.41) is 2.00. The Morgan fingerprint density at radius 1 is 0.698 bits per heavy atom. The van der Waals surface area contributed by atoms with Crippen LogP contribution in [-0.2, 0) is 0 Å². The summed E-state index contributed by atoms with van der Waals surface area (Å²) in [6, 6.07) is 24.0. The first-order chi connectivity index (χ1) is 20.6. The third-order valence-electron chi connectivity index (χ3n) is 7.18. The van der Waals surface area contributed by atoms with Gasteiger partial charge < -0.3 is 20.6 Å². The number of carbonyl (C=O) groups is 2. The van der Waals surface area contributed by atoms with E-state index in [2.05, 4.69) is 25.6 Å².